The number of fused-ring (bicyclic) bond motifs is 1. The molecule has 0 bridgehead atoms. The van der Waals surface area contributed by atoms with Gasteiger partial charge in [0.2, 0.25) is 21.8 Å². The number of methoxy groups -OCH3 is 1. The molecule has 0 aliphatic carbocycles. The number of nitrogens with two attached hydrogens (primary N) is 1. The van der Waals surface area contributed by atoms with E-state index in [4.69, 9.17) is 15.2 Å². The highest BCUT2D eigenvalue weighted by molar-refractivity contribution is 7.89. The molecule has 3 aromatic rings. The van der Waals surface area contributed by atoms with Crippen molar-refractivity contribution in [2.24, 2.45) is 5.92 Å². The monoisotopic (exact) mass is 709 g/mol. The highest BCUT2D eigenvalue weighted by Gasteiger charge is 2.36. The van der Waals surface area contributed by atoms with Crippen LogP contribution in [0.5, 0.6) is 11.5 Å². The number of nitrogens with zero attached hydrogens (tertiary/aromatic N) is 2. The molecule has 3 amide bonds. The molecule has 0 aromatic heterocycles. The molecular weight excluding hydrogens is 662 g/mol. The molecule has 50 heavy (non-hydrogen) atoms. The second kappa shape index (κ2) is 17.3. The van der Waals surface area contributed by atoms with Crippen LogP contribution >= 0.6 is 0 Å². The van der Waals surface area contributed by atoms with E-state index >= 15 is 0 Å². The molecule has 0 fully saturated rings. The van der Waals surface area contributed by atoms with Crippen molar-refractivity contribution in [2.45, 2.75) is 63.0 Å². The topological polar surface area (TPSA) is 181 Å². The number of aliphatic hydroxyl groups is 1. The van der Waals surface area contributed by atoms with E-state index in [9.17, 15) is 27.9 Å². The minimum Gasteiger partial charge on any atom is -0.497 e. The van der Waals surface area contributed by atoms with Gasteiger partial charge in [0.25, 0.3) is 5.91 Å². The summed E-state index contributed by atoms with van der Waals surface area (Å²) in [7, 11) is -0.963. The van der Waals surface area contributed by atoms with Crippen molar-refractivity contribution in [1.29, 1.82) is 0 Å². The number of sulfonamides is 1. The number of nitrogens with one attached hydrogen (secondary N) is 2. The summed E-state index contributed by atoms with van der Waals surface area (Å²) in [6.07, 6.45) is 1.45. The Hall–Kier alpha value is -4.66. The number of rotatable bonds is 15. The lowest BCUT2D eigenvalue weighted by Gasteiger charge is -2.38. The number of nitrogen functional groups attached to an aromatic ring is 1. The molecule has 270 valence electrons. The van der Waals surface area contributed by atoms with Gasteiger partial charge in [-0.25, -0.2) is 8.42 Å². The first-order chi connectivity index (χ1) is 23.8. The summed E-state index contributed by atoms with van der Waals surface area (Å²) < 4.78 is 39.9. The number of aliphatic hydroxyl groups excluding tert-OH is 1. The van der Waals surface area contributed by atoms with Crippen LogP contribution in [-0.4, -0.2) is 86.5 Å². The SMILES string of the molecule is COc1ccc(S(=O)(=O)N(C)C[C@H]2Oc3c(NC(=O)CCCCCC(=O)Nc4ccccc4N)cccc3C(=O)N([C@H](C)CO)C[C@H]2C)cc1. The zero-order valence-corrected chi connectivity index (χ0v) is 29.7. The summed E-state index contributed by atoms with van der Waals surface area (Å²) in [5.74, 6) is -0.554. The zero-order chi connectivity index (χ0) is 36.4. The Morgan fingerprint density at radius 2 is 1.62 bits per heavy atom. The Bertz CT molecular complexity index is 1750. The molecule has 1 heterocycles. The molecule has 0 spiro atoms. The molecule has 3 aromatic carbocycles. The lowest BCUT2D eigenvalue weighted by Crippen LogP contribution is -2.50. The van der Waals surface area contributed by atoms with Crippen LogP contribution in [0.4, 0.5) is 17.1 Å². The van der Waals surface area contributed by atoms with Crippen molar-refractivity contribution in [1.82, 2.24) is 9.21 Å². The Kier molecular flexibility index (Phi) is 13.2. The lowest BCUT2D eigenvalue weighted by molar-refractivity contribution is -0.116. The number of hydrogen-bond acceptors (Lipinski definition) is 9. The largest absolute Gasteiger partial charge is 0.497 e. The average molecular weight is 710 g/mol. The van der Waals surface area contributed by atoms with Crippen LogP contribution in [0.15, 0.2) is 71.6 Å². The van der Waals surface area contributed by atoms with E-state index < -0.39 is 22.2 Å². The highest BCUT2D eigenvalue weighted by Crippen LogP contribution is 2.35. The van der Waals surface area contributed by atoms with E-state index in [1.54, 1.807) is 66.4 Å². The van der Waals surface area contributed by atoms with Crippen LogP contribution in [0.3, 0.4) is 0 Å². The van der Waals surface area contributed by atoms with Gasteiger partial charge in [-0.1, -0.05) is 31.5 Å². The van der Waals surface area contributed by atoms with Gasteiger partial charge in [-0.05, 0) is 68.3 Å². The number of unbranched alkanes of at least 4 members (excludes halogenated alkanes) is 2. The number of hydrogen-bond donors (Lipinski definition) is 4. The van der Waals surface area contributed by atoms with Crippen molar-refractivity contribution in [3.63, 3.8) is 0 Å². The maximum atomic E-state index is 13.8. The fraction of sp³-hybridized carbons (Fsp3) is 0.417. The quantitative estimate of drug-likeness (QED) is 0.132. The first-order valence-corrected chi connectivity index (χ1v) is 18.1. The van der Waals surface area contributed by atoms with Crippen LogP contribution in [0.2, 0.25) is 0 Å². The van der Waals surface area contributed by atoms with Gasteiger partial charge in [-0.3, -0.25) is 14.4 Å². The van der Waals surface area contributed by atoms with Gasteiger partial charge in [0.15, 0.2) is 5.75 Å². The number of carbonyl (C=O) groups excluding carboxylic acids is 3. The third kappa shape index (κ3) is 9.52. The third-order valence-electron chi connectivity index (χ3n) is 8.71. The Labute approximate surface area is 293 Å². The molecule has 0 radical (unpaired) electrons. The van der Waals surface area contributed by atoms with Crippen LogP contribution < -0.4 is 25.8 Å². The van der Waals surface area contributed by atoms with Crippen LogP contribution in [0.1, 0.15) is 56.3 Å². The molecule has 0 saturated carbocycles. The standard InChI is InChI=1S/C36H47N5O8S/c1-24-21-41(25(2)23-42)36(45)28-11-10-14-31(39-34(44)16-7-5-6-15-33(43)38-30-13-9-8-12-29(30)37)35(28)49-32(24)22-40(3)50(46,47)27-19-17-26(48-4)18-20-27/h8-14,17-20,24-25,32,42H,5-7,15-16,21-23,37H2,1-4H3,(H,38,43)(H,39,44)/t24-,25-,32-/m1/s1. The van der Waals surface area contributed by atoms with Crippen LogP contribution in [0, 0.1) is 5.92 Å². The summed E-state index contributed by atoms with van der Waals surface area (Å²) in [5, 5.41) is 15.6. The highest BCUT2D eigenvalue weighted by atomic mass is 32.2. The summed E-state index contributed by atoms with van der Waals surface area (Å²) in [6, 6.07) is 17.4. The van der Waals surface area contributed by atoms with Gasteiger partial charge in [0, 0.05) is 32.4 Å². The number of ether oxygens (including phenoxy) is 2. The van der Waals surface area contributed by atoms with Crippen molar-refractivity contribution in [2.75, 3.05) is 50.2 Å². The number of carbonyl (C=O) groups is 3. The van der Waals surface area contributed by atoms with Crippen molar-refractivity contribution in [3.05, 3.63) is 72.3 Å². The van der Waals surface area contributed by atoms with E-state index in [0.29, 0.717) is 36.4 Å². The number of para-hydroxylation sites is 3. The van der Waals surface area contributed by atoms with Gasteiger partial charge in [-0.2, -0.15) is 4.31 Å². The molecule has 0 unspecified atom stereocenters. The predicted molar refractivity (Wildman–Crippen MR) is 192 cm³/mol. The van der Waals surface area contributed by atoms with E-state index in [2.05, 4.69) is 10.6 Å². The average Bonchev–Trinajstić information content (AvgIpc) is 3.10. The molecule has 5 N–H and O–H groups in total. The van der Waals surface area contributed by atoms with Gasteiger partial charge in [0.1, 0.15) is 11.9 Å². The second-order valence-corrected chi connectivity index (χ2v) is 14.6. The molecule has 0 saturated heterocycles. The number of anilines is 3. The minimum absolute atomic E-state index is 0.0583. The summed E-state index contributed by atoms with van der Waals surface area (Å²) in [5.41, 5.74) is 7.40. The van der Waals surface area contributed by atoms with Crippen LogP contribution in [0.25, 0.3) is 0 Å². The van der Waals surface area contributed by atoms with E-state index in [1.807, 2.05) is 6.92 Å². The smallest absolute Gasteiger partial charge is 0.258 e. The third-order valence-corrected chi connectivity index (χ3v) is 10.6. The van der Waals surface area contributed by atoms with E-state index in [-0.39, 0.29) is 78.1 Å². The van der Waals surface area contributed by atoms with Gasteiger partial charge in [0.05, 0.1) is 53.8 Å². The van der Waals surface area contributed by atoms with Gasteiger partial charge in [-0.15, -0.1) is 0 Å². The Balaban J connectivity index is 1.47. The van der Waals surface area contributed by atoms with Gasteiger partial charge >= 0.3 is 0 Å². The molecule has 4 rings (SSSR count). The van der Waals surface area contributed by atoms with Crippen molar-refractivity contribution < 1.29 is 37.4 Å². The lowest BCUT2D eigenvalue weighted by atomic mass is 9.99. The fourth-order valence-corrected chi connectivity index (χ4v) is 6.81. The zero-order valence-electron chi connectivity index (χ0n) is 28.9. The molecule has 13 nitrogen and oxygen atoms in total. The molecular formula is C36H47N5O8S. The van der Waals surface area contributed by atoms with Crippen molar-refractivity contribution in [3.8, 4) is 11.5 Å². The van der Waals surface area contributed by atoms with Crippen LogP contribution in [-0.2, 0) is 19.6 Å². The molecule has 1 aliphatic rings. The maximum Gasteiger partial charge on any atom is 0.258 e. The number of benzene rings is 3. The first-order valence-electron chi connectivity index (χ1n) is 16.6. The van der Waals surface area contributed by atoms with E-state index in [1.165, 1.54) is 30.6 Å². The minimum atomic E-state index is -3.92. The second-order valence-electron chi connectivity index (χ2n) is 12.5. The molecule has 1 aliphatic heterocycles. The predicted octanol–water partition coefficient (Wildman–Crippen LogP) is 4.35. The van der Waals surface area contributed by atoms with Gasteiger partial charge < -0.3 is 35.8 Å². The summed E-state index contributed by atoms with van der Waals surface area (Å²) in [6.45, 7) is 3.45. The summed E-state index contributed by atoms with van der Waals surface area (Å²) in [4.78, 5) is 40.9. The van der Waals surface area contributed by atoms with Crippen molar-refractivity contribution >= 4 is 44.8 Å². The number of amides is 3. The number of likely N-dealkylation sites (N-methyl/N-ethyl adjacent to an activating group) is 1. The first kappa shape index (κ1) is 38.1. The summed E-state index contributed by atoms with van der Waals surface area (Å²) >= 11 is 0. The normalized spacial score (nSPS) is 16.8. The Morgan fingerprint density at radius 1 is 1.00 bits per heavy atom. The fourth-order valence-electron chi connectivity index (χ4n) is 5.62. The molecule has 14 heteroatoms. The Morgan fingerprint density at radius 3 is 2.24 bits per heavy atom. The molecule has 3 atom stereocenters. The van der Waals surface area contributed by atoms with E-state index in [0.717, 1.165) is 0 Å². The maximum absolute atomic E-state index is 13.8.